The zero-order valence-corrected chi connectivity index (χ0v) is 9.83. The van der Waals surface area contributed by atoms with Gasteiger partial charge in [0.1, 0.15) is 17.3 Å². The van der Waals surface area contributed by atoms with Crippen LogP contribution in [0.1, 0.15) is 0 Å². The zero-order valence-electron chi connectivity index (χ0n) is 9.07. The molecule has 2 nitrogen and oxygen atoms in total. The SMILES string of the molecule is Fc1ccc(F)c(-c2cn3cc(Cl)ccc3n2)c1. The van der Waals surface area contributed by atoms with Crippen LogP contribution in [-0.4, -0.2) is 9.38 Å². The molecule has 0 bridgehead atoms. The maximum Gasteiger partial charge on any atom is 0.137 e. The van der Waals surface area contributed by atoms with Gasteiger partial charge in [0.2, 0.25) is 0 Å². The van der Waals surface area contributed by atoms with Gasteiger partial charge in [0.15, 0.2) is 0 Å². The third-order valence-corrected chi connectivity index (χ3v) is 2.84. The molecule has 0 aliphatic heterocycles. The van der Waals surface area contributed by atoms with Crippen molar-refractivity contribution in [3.63, 3.8) is 0 Å². The van der Waals surface area contributed by atoms with E-state index in [1.54, 1.807) is 28.9 Å². The minimum atomic E-state index is -0.508. The summed E-state index contributed by atoms with van der Waals surface area (Å²) in [5.74, 6) is -1.01. The summed E-state index contributed by atoms with van der Waals surface area (Å²) in [6, 6.07) is 6.69. The molecule has 0 aliphatic carbocycles. The van der Waals surface area contributed by atoms with Gasteiger partial charge in [0.25, 0.3) is 0 Å². The van der Waals surface area contributed by atoms with Crippen LogP contribution in [0, 0.1) is 11.6 Å². The first kappa shape index (κ1) is 11.2. The first-order valence-electron chi connectivity index (χ1n) is 5.23. The number of hydrogen-bond donors (Lipinski definition) is 0. The summed E-state index contributed by atoms with van der Waals surface area (Å²) >= 11 is 5.85. The minimum Gasteiger partial charge on any atom is -0.305 e. The quantitative estimate of drug-likeness (QED) is 0.651. The molecule has 0 unspecified atom stereocenters. The van der Waals surface area contributed by atoms with Crippen LogP contribution >= 0.6 is 11.6 Å². The zero-order chi connectivity index (χ0) is 12.7. The van der Waals surface area contributed by atoms with Gasteiger partial charge in [-0.1, -0.05) is 11.6 Å². The minimum absolute atomic E-state index is 0.134. The molecule has 18 heavy (non-hydrogen) atoms. The van der Waals surface area contributed by atoms with Gasteiger partial charge in [0, 0.05) is 18.0 Å². The molecule has 0 saturated carbocycles. The molecule has 1 aromatic carbocycles. The highest BCUT2D eigenvalue weighted by molar-refractivity contribution is 6.30. The summed E-state index contributed by atoms with van der Waals surface area (Å²) < 4.78 is 28.4. The predicted molar refractivity (Wildman–Crippen MR) is 65.6 cm³/mol. The highest BCUT2D eigenvalue weighted by atomic mass is 35.5. The normalized spacial score (nSPS) is 11.1. The van der Waals surface area contributed by atoms with E-state index in [4.69, 9.17) is 11.6 Å². The molecule has 90 valence electrons. The maximum atomic E-state index is 13.6. The maximum absolute atomic E-state index is 13.6. The van der Waals surface area contributed by atoms with Crippen LogP contribution in [0.2, 0.25) is 5.02 Å². The summed E-state index contributed by atoms with van der Waals surface area (Å²) in [5.41, 5.74) is 1.13. The molecule has 5 heteroatoms. The van der Waals surface area contributed by atoms with Crippen molar-refractivity contribution in [3.05, 3.63) is 59.4 Å². The monoisotopic (exact) mass is 264 g/mol. The van der Waals surface area contributed by atoms with Gasteiger partial charge in [-0.15, -0.1) is 0 Å². The van der Waals surface area contributed by atoms with Crippen molar-refractivity contribution in [3.8, 4) is 11.3 Å². The Labute approximate surface area is 106 Å². The summed E-state index contributed by atoms with van der Waals surface area (Å²) in [4.78, 5) is 4.22. The fraction of sp³-hybridized carbons (Fsp3) is 0. The topological polar surface area (TPSA) is 17.3 Å². The Morgan fingerprint density at radius 2 is 1.89 bits per heavy atom. The lowest BCUT2D eigenvalue weighted by Gasteiger charge is -1.98. The van der Waals surface area contributed by atoms with Gasteiger partial charge in [-0.05, 0) is 30.3 Å². The molecule has 0 spiro atoms. The number of fused-ring (bicyclic) bond motifs is 1. The lowest BCUT2D eigenvalue weighted by Crippen LogP contribution is -1.86. The Kier molecular flexibility index (Phi) is 2.52. The summed E-state index contributed by atoms with van der Waals surface area (Å²) in [5, 5.41) is 0.547. The van der Waals surface area contributed by atoms with E-state index in [-0.39, 0.29) is 5.56 Å². The van der Waals surface area contributed by atoms with Gasteiger partial charge in [-0.25, -0.2) is 13.8 Å². The predicted octanol–water partition coefficient (Wildman–Crippen LogP) is 3.93. The van der Waals surface area contributed by atoms with Gasteiger partial charge >= 0.3 is 0 Å². The molecule has 0 aliphatic rings. The second-order valence-electron chi connectivity index (χ2n) is 3.86. The average Bonchev–Trinajstić information content (AvgIpc) is 2.74. The fourth-order valence-corrected chi connectivity index (χ4v) is 1.96. The molecular formula is C13H7ClF2N2. The van der Waals surface area contributed by atoms with E-state index >= 15 is 0 Å². The number of hydrogen-bond acceptors (Lipinski definition) is 1. The molecular weight excluding hydrogens is 258 g/mol. The van der Waals surface area contributed by atoms with Crippen LogP contribution in [-0.2, 0) is 0 Å². The Balaban J connectivity index is 2.22. The first-order valence-corrected chi connectivity index (χ1v) is 5.61. The van der Waals surface area contributed by atoms with E-state index < -0.39 is 11.6 Å². The van der Waals surface area contributed by atoms with Crippen molar-refractivity contribution in [2.45, 2.75) is 0 Å². The molecule has 0 fully saturated rings. The van der Waals surface area contributed by atoms with Crippen molar-refractivity contribution in [1.82, 2.24) is 9.38 Å². The molecule has 0 radical (unpaired) electrons. The Morgan fingerprint density at radius 3 is 2.72 bits per heavy atom. The van der Waals surface area contributed by atoms with Crippen molar-refractivity contribution < 1.29 is 8.78 Å². The lowest BCUT2D eigenvalue weighted by molar-refractivity contribution is 0.603. The smallest absolute Gasteiger partial charge is 0.137 e. The summed E-state index contributed by atoms with van der Waals surface area (Å²) in [6.45, 7) is 0. The van der Waals surface area contributed by atoms with E-state index in [0.717, 1.165) is 18.2 Å². The van der Waals surface area contributed by atoms with Crippen molar-refractivity contribution in [1.29, 1.82) is 0 Å². The van der Waals surface area contributed by atoms with Gasteiger partial charge in [-0.3, -0.25) is 0 Å². The van der Waals surface area contributed by atoms with E-state index in [2.05, 4.69) is 4.98 Å². The standard InChI is InChI=1S/C13H7ClF2N2/c14-8-1-4-13-17-12(7-18(13)6-8)10-5-9(15)2-3-11(10)16/h1-7H. The fourth-order valence-electron chi connectivity index (χ4n) is 1.79. The molecule has 0 saturated heterocycles. The second kappa shape index (κ2) is 4.07. The van der Waals surface area contributed by atoms with E-state index in [9.17, 15) is 8.78 Å². The average molecular weight is 265 g/mol. The molecule has 3 aromatic rings. The second-order valence-corrected chi connectivity index (χ2v) is 4.30. The van der Waals surface area contributed by atoms with Crippen LogP contribution in [0.25, 0.3) is 16.9 Å². The lowest BCUT2D eigenvalue weighted by atomic mass is 10.1. The van der Waals surface area contributed by atoms with Crippen LogP contribution < -0.4 is 0 Å². The highest BCUT2D eigenvalue weighted by Gasteiger charge is 2.10. The number of benzene rings is 1. The molecule has 3 rings (SSSR count). The molecule has 0 N–H and O–H groups in total. The number of imidazole rings is 1. The van der Waals surface area contributed by atoms with Gasteiger partial charge < -0.3 is 4.40 Å². The highest BCUT2D eigenvalue weighted by Crippen LogP contribution is 2.24. The number of nitrogens with zero attached hydrogens (tertiary/aromatic N) is 2. The van der Waals surface area contributed by atoms with E-state index in [1.165, 1.54) is 0 Å². The van der Waals surface area contributed by atoms with Crippen molar-refractivity contribution >= 4 is 17.2 Å². The molecule has 0 amide bonds. The third kappa shape index (κ3) is 1.84. The Morgan fingerprint density at radius 1 is 1.06 bits per heavy atom. The molecule has 0 atom stereocenters. The van der Waals surface area contributed by atoms with E-state index in [1.807, 2.05) is 0 Å². The summed E-state index contributed by atoms with van der Waals surface area (Å²) in [7, 11) is 0. The number of pyridine rings is 1. The van der Waals surface area contributed by atoms with Gasteiger partial charge in [-0.2, -0.15) is 0 Å². The largest absolute Gasteiger partial charge is 0.305 e. The molecule has 2 aromatic heterocycles. The van der Waals surface area contributed by atoms with Crippen LogP contribution in [0.15, 0.2) is 42.7 Å². The Bertz CT molecular complexity index is 737. The van der Waals surface area contributed by atoms with Crippen LogP contribution in [0.5, 0.6) is 0 Å². The van der Waals surface area contributed by atoms with Crippen LogP contribution in [0.3, 0.4) is 0 Å². The summed E-state index contributed by atoms with van der Waals surface area (Å²) in [6.07, 6.45) is 3.27. The third-order valence-electron chi connectivity index (χ3n) is 2.62. The number of halogens is 3. The first-order chi connectivity index (χ1) is 8.63. The van der Waals surface area contributed by atoms with Crippen molar-refractivity contribution in [2.24, 2.45) is 0 Å². The number of aromatic nitrogens is 2. The van der Waals surface area contributed by atoms with Crippen LogP contribution in [0.4, 0.5) is 8.78 Å². The molecule has 2 heterocycles. The number of rotatable bonds is 1. The van der Waals surface area contributed by atoms with E-state index in [0.29, 0.717) is 16.4 Å². The van der Waals surface area contributed by atoms with Crippen molar-refractivity contribution in [2.75, 3.05) is 0 Å². The Hall–Kier alpha value is -1.94. The van der Waals surface area contributed by atoms with Gasteiger partial charge in [0.05, 0.1) is 10.7 Å².